The molecule has 0 unspecified atom stereocenters. The first kappa shape index (κ1) is 21.3. The summed E-state index contributed by atoms with van der Waals surface area (Å²) in [6.07, 6.45) is 2.40. The van der Waals surface area contributed by atoms with E-state index in [-0.39, 0.29) is 5.91 Å². The first-order chi connectivity index (χ1) is 15.1. The van der Waals surface area contributed by atoms with Gasteiger partial charge >= 0.3 is 0 Å². The van der Waals surface area contributed by atoms with E-state index in [4.69, 9.17) is 4.42 Å². The Morgan fingerprint density at radius 3 is 2.32 bits per heavy atom. The van der Waals surface area contributed by atoms with Gasteiger partial charge in [0.05, 0.1) is 18.5 Å². The zero-order valence-corrected chi connectivity index (χ0v) is 18.6. The first-order valence-corrected chi connectivity index (χ1v) is 11.1. The minimum atomic E-state index is -0.710. The number of anilines is 1. The lowest BCUT2D eigenvalue weighted by molar-refractivity contribution is -0.125. The maximum Gasteiger partial charge on any atom is 0.256 e. The van der Waals surface area contributed by atoms with Crippen molar-refractivity contribution in [1.82, 2.24) is 9.91 Å². The molecule has 1 amide bonds. The molecule has 0 radical (unpaired) electrons. The number of benzene rings is 2. The minimum absolute atomic E-state index is 0.0983. The van der Waals surface area contributed by atoms with E-state index in [1.807, 2.05) is 65.6 Å². The van der Waals surface area contributed by atoms with E-state index in [9.17, 15) is 4.79 Å². The quantitative estimate of drug-likeness (QED) is 0.506. The van der Waals surface area contributed by atoms with E-state index in [0.29, 0.717) is 6.54 Å². The third-order valence-electron chi connectivity index (χ3n) is 6.42. The SMILES string of the molecule is CCN(CC)CC[C@]1(c2ccccc2)C(=O)N(N(C)Cc2ccco2)c2ccccc21. The number of rotatable bonds is 9. The predicted octanol–water partition coefficient (Wildman–Crippen LogP) is 4.69. The normalized spacial score (nSPS) is 18.2. The maximum absolute atomic E-state index is 14.3. The molecule has 0 fully saturated rings. The second-order valence-electron chi connectivity index (χ2n) is 8.08. The van der Waals surface area contributed by atoms with Crippen molar-refractivity contribution >= 4 is 11.6 Å². The lowest BCUT2D eigenvalue weighted by Gasteiger charge is -2.34. The standard InChI is InChI=1S/C26H31N3O2/c1-4-28(5-2)18-17-26(21-12-7-6-8-13-21)23-15-9-10-16-24(23)29(25(26)30)27(3)20-22-14-11-19-31-22/h6-16,19H,4-5,17-18,20H2,1-3H3/t26-/m1/s1. The maximum atomic E-state index is 14.3. The topological polar surface area (TPSA) is 39.9 Å². The van der Waals surface area contributed by atoms with Crippen molar-refractivity contribution in [3.05, 3.63) is 89.9 Å². The highest BCUT2D eigenvalue weighted by Gasteiger charge is 2.53. The average molecular weight is 418 g/mol. The lowest BCUT2D eigenvalue weighted by atomic mass is 9.72. The van der Waals surface area contributed by atoms with Crippen LogP contribution in [-0.4, -0.2) is 42.5 Å². The van der Waals surface area contributed by atoms with Gasteiger partial charge in [0.1, 0.15) is 11.2 Å². The molecule has 0 aliphatic carbocycles. The van der Waals surface area contributed by atoms with Crippen LogP contribution >= 0.6 is 0 Å². The molecule has 31 heavy (non-hydrogen) atoms. The minimum Gasteiger partial charge on any atom is -0.468 e. The van der Waals surface area contributed by atoms with Gasteiger partial charge < -0.3 is 9.32 Å². The molecule has 2 heterocycles. The van der Waals surface area contributed by atoms with Crippen LogP contribution in [0.4, 0.5) is 5.69 Å². The summed E-state index contributed by atoms with van der Waals surface area (Å²) in [7, 11) is 1.95. The third kappa shape index (κ3) is 3.80. The molecule has 1 aliphatic rings. The summed E-state index contributed by atoms with van der Waals surface area (Å²) in [5, 5.41) is 3.80. The van der Waals surface area contributed by atoms with Gasteiger partial charge in [0.25, 0.3) is 5.91 Å². The Kier molecular flexibility index (Phi) is 6.25. The van der Waals surface area contributed by atoms with Crippen molar-refractivity contribution in [2.45, 2.75) is 32.2 Å². The number of carbonyl (C=O) groups is 1. The fourth-order valence-corrected chi connectivity index (χ4v) is 4.72. The molecular weight excluding hydrogens is 386 g/mol. The number of furan rings is 1. The molecule has 0 bridgehead atoms. The monoisotopic (exact) mass is 417 g/mol. The van der Waals surface area contributed by atoms with E-state index in [0.717, 1.165) is 48.6 Å². The summed E-state index contributed by atoms with van der Waals surface area (Å²) in [5.41, 5.74) is 2.36. The van der Waals surface area contributed by atoms with Crippen molar-refractivity contribution in [2.24, 2.45) is 0 Å². The van der Waals surface area contributed by atoms with Gasteiger partial charge in [-0.25, -0.2) is 10.0 Å². The molecule has 2 aromatic carbocycles. The van der Waals surface area contributed by atoms with Gasteiger partial charge in [-0.05, 0) is 55.4 Å². The molecule has 162 valence electrons. The number of amides is 1. The van der Waals surface area contributed by atoms with Crippen LogP contribution in [-0.2, 0) is 16.8 Å². The molecule has 1 aromatic heterocycles. The van der Waals surface area contributed by atoms with E-state index in [2.05, 4.69) is 36.9 Å². The van der Waals surface area contributed by atoms with Crippen LogP contribution < -0.4 is 5.01 Å². The zero-order valence-electron chi connectivity index (χ0n) is 18.6. The Labute approximate surface area is 184 Å². The van der Waals surface area contributed by atoms with Crippen LogP contribution in [0.2, 0.25) is 0 Å². The van der Waals surface area contributed by atoms with Crippen molar-refractivity contribution < 1.29 is 9.21 Å². The summed E-state index contributed by atoms with van der Waals surface area (Å²) in [6, 6.07) is 22.3. The lowest BCUT2D eigenvalue weighted by Crippen LogP contribution is -2.49. The number of fused-ring (bicyclic) bond motifs is 1. The average Bonchev–Trinajstić information content (AvgIpc) is 3.39. The summed E-state index contributed by atoms with van der Waals surface area (Å²) in [5.74, 6) is 0.925. The highest BCUT2D eigenvalue weighted by Crippen LogP contribution is 2.48. The van der Waals surface area contributed by atoms with Crippen molar-refractivity contribution in [3.8, 4) is 0 Å². The van der Waals surface area contributed by atoms with E-state index in [1.165, 1.54) is 0 Å². The number of para-hydroxylation sites is 1. The van der Waals surface area contributed by atoms with Crippen LogP contribution in [0, 0.1) is 0 Å². The molecule has 0 saturated heterocycles. The number of carbonyl (C=O) groups excluding carboxylic acids is 1. The molecule has 1 atom stereocenters. The molecule has 5 heteroatoms. The molecule has 0 spiro atoms. The second kappa shape index (κ2) is 9.08. The predicted molar refractivity (Wildman–Crippen MR) is 124 cm³/mol. The molecule has 0 saturated carbocycles. The Hall–Kier alpha value is -2.89. The Morgan fingerprint density at radius 1 is 0.935 bits per heavy atom. The van der Waals surface area contributed by atoms with Gasteiger partial charge in [-0.3, -0.25) is 4.79 Å². The third-order valence-corrected chi connectivity index (χ3v) is 6.42. The zero-order chi connectivity index (χ0) is 21.8. The Balaban J connectivity index is 1.79. The summed E-state index contributed by atoms with van der Waals surface area (Å²) in [6.45, 7) is 7.67. The van der Waals surface area contributed by atoms with Crippen LogP contribution in [0.3, 0.4) is 0 Å². The smallest absolute Gasteiger partial charge is 0.256 e. The van der Waals surface area contributed by atoms with Crippen molar-refractivity contribution in [3.63, 3.8) is 0 Å². The van der Waals surface area contributed by atoms with Gasteiger partial charge in [0.2, 0.25) is 0 Å². The molecule has 5 nitrogen and oxygen atoms in total. The molecule has 0 N–H and O–H groups in total. The van der Waals surface area contributed by atoms with Crippen molar-refractivity contribution in [1.29, 1.82) is 0 Å². The molecule has 1 aliphatic heterocycles. The number of nitrogens with zero attached hydrogens (tertiary/aromatic N) is 3. The summed E-state index contributed by atoms with van der Waals surface area (Å²) < 4.78 is 5.55. The first-order valence-electron chi connectivity index (χ1n) is 11.1. The highest BCUT2D eigenvalue weighted by molar-refractivity contribution is 6.09. The fourth-order valence-electron chi connectivity index (χ4n) is 4.72. The number of hydrogen-bond donors (Lipinski definition) is 0. The van der Waals surface area contributed by atoms with E-state index >= 15 is 0 Å². The van der Waals surface area contributed by atoms with Gasteiger partial charge in [-0.1, -0.05) is 62.4 Å². The van der Waals surface area contributed by atoms with Crippen LogP contribution in [0.25, 0.3) is 0 Å². The summed E-state index contributed by atoms with van der Waals surface area (Å²) >= 11 is 0. The number of hydrazine groups is 1. The van der Waals surface area contributed by atoms with E-state index in [1.54, 1.807) is 6.26 Å². The Bertz CT molecular complexity index is 999. The molecular formula is C26H31N3O2. The van der Waals surface area contributed by atoms with Gasteiger partial charge in [-0.2, -0.15) is 0 Å². The summed E-state index contributed by atoms with van der Waals surface area (Å²) in [4.78, 5) is 16.7. The fraction of sp³-hybridized carbons (Fsp3) is 0.346. The van der Waals surface area contributed by atoms with Crippen LogP contribution in [0.15, 0.2) is 77.4 Å². The largest absolute Gasteiger partial charge is 0.468 e. The van der Waals surface area contributed by atoms with E-state index < -0.39 is 5.41 Å². The van der Waals surface area contributed by atoms with Gasteiger partial charge in [-0.15, -0.1) is 0 Å². The van der Waals surface area contributed by atoms with Gasteiger partial charge in [0.15, 0.2) is 0 Å². The van der Waals surface area contributed by atoms with Crippen LogP contribution in [0.1, 0.15) is 37.2 Å². The molecule has 3 aromatic rings. The number of hydrogen-bond acceptors (Lipinski definition) is 4. The Morgan fingerprint density at radius 2 is 1.65 bits per heavy atom. The van der Waals surface area contributed by atoms with Crippen LogP contribution in [0.5, 0.6) is 0 Å². The molecule has 4 rings (SSSR count). The highest BCUT2D eigenvalue weighted by atomic mass is 16.3. The van der Waals surface area contributed by atoms with Crippen molar-refractivity contribution in [2.75, 3.05) is 31.7 Å². The second-order valence-corrected chi connectivity index (χ2v) is 8.08. The van der Waals surface area contributed by atoms with Gasteiger partial charge in [0, 0.05) is 7.05 Å².